The van der Waals surface area contributed by atoms with Gasteiger partial charge in [-0.05, 0) is 18.6 Å². The molecule has 82 valence electrons. The van der Waals surface area contributed by atoms with Crippen molar-refractivity contribution < 1.29 is 0 Å². The van der Waals surface area contributed by atoms with E-state index in [0.717, 1.165) is 5.69 Å². The molecule has 2 nitrogen and oxygen atoms in total. The van der Waals surface area contributed by atoms with E-state index in [2.05, 4.69) is 17.2 Å². The molecule has 0 fully saturated rings. The molecule has 2 aromatic rings. The van der Waals surface area contributed by atoms with Gasteiger partial charge in [0.15, 0.2) is 0 Å². The van der Waals surface area contributed by atoms with E-state index in [1.807, 2.05) is 43.3 Å². The van der Waals surface area contributed by atoms with Gasteiger partial charge in [0.25, 0.3) is 0 Å². The highest BCUT2D eigenvalue weighted by Crippen LogP contribution is 2.14. The van der Waals surface area contributed by atoms with Gasteiger partial charge in [-0.2, -0.15) is 5.10 Å². The van der Waals surface area contributed by atoms with Gasteiger partial charge in [-0.3, -0.25) is 0 Å². The van der Waals surface area contributed by atoms with E-state index >= 15 is 0 Å². The van der Waals surface area contributed by atoms with E-state index < -0.39 is 0 Å². The third-order valence-electron chi connectivity index (χ3n) is 2.26. The molecule has 0 aliphatic carbocycles. The summed E-state index contributed by atoms with van der Waals surface area (Å²) in [6, 6.07) is 12.0. The minimum Gasteiger partial charge on any atom is -0.249 e. The second-order valence-corrected chi connectivity index (χ2v) is 3.92. The Morgan fingerprint density at radius 3 is 2.75 bits per heavy atom. The fourth-order valence-electron chi connectivity index (χ4n) is 1.53. The number of hydrogen-bond donors (Lipinski definition) is 0. The summed E-state index contributed by atoms with van der Waals surface area (Å²) < 4.78 is 1.80. The zero-order valence-electron chi connectivity index (χ0n) is 9.10. The molecule has 1 aromatic heterocycles. The summed E-state index contributed by atoms with van der Waals surface area (Å²) >= 11 is 6.10. The smallest absolute Gasteiger partial charge is 0.128 e. The van der Waals surface area contributed by atoms with Crippen LogP contribution in [0.25, 0.3) is 6.08 Å². The largest absolute Gasteiger partial charge is 0.249 e. The van der Waals surface area contributed by atoms with Crippen LogP contribution in [0.4, 0.5) is 0 Å². The van der Waals surface area contributed by atoms with Crippen LogP contribution in [0.15, 0.2) is 42.5 Å². The minimum atomic E-state index is 0.664. The topological polar surface area (TPSA) is 17.8 Å². The van der Waals surface area contributed by atoms with Crippen molar-refractivity contribution in [2.75, 3.05) is 0 Å². The van der Waals surface area contributed by atoms with Crippen molar-refractivity contribution >= 4 is 17.7 Å². The number of hydrogen-bond acceptors (Lipinski definition) is 1. The second kappa shape index (κ2) is 4.99. The maximum absolute atomic E-state index is 6.10. The molecule has 0 aliphatic heterocycles. The summed E-state index contributed by atoms with van der Waals surface area (Å²) in [4.78, 5) is 0. The summed E-state index contributed by atoms with van der Waals surface area (Å²) in [5, 5.41) is 5.06. The van der Waals surface area contributed by atoms with E-state index in [4.69, 9.17) is 11.6 Å². The Labute approximate surface area is 100 Å². The highest BCUT2D eigenvalue weighted by molar-refractivity contribution is 6.29. The molecule has 0 amide bonds. The van der Waals surface area contributed by atoms with Crippen LogP contribution in [0.2, 0.25) is 5.15 Å². The number of allylic oxidation sites excluding steroid dienone is 1. The molecule has 16 heavy (non-hydrogen) atoms. The van der Waals surface area contributed by atoms with Crippen molar-refractivity contribution in [2.24, 2.45) is 0 Å². The Morgan fingerprint density at radius 2 is 2.06 bits per heavy atom. The van der Waals surface area contributed by atoms with E-state index in [1.165, 1.54) is 5.56 Å². The van der Waals surface area contributed by atoms with E-state index in [1.54, 1.807) is 4.68 Å². The van der Waals surface area contributed by atoms with Gasteiger partial charge < -0.3 is 0 Å². The molecule has 0 saturated heterocycles. The van der Waals surface area contributed by atoms with Crippen molar-refractivity contribution in [1.29, 1.82) is 0 Å². The Hall–Kier alpha value is -1.54. The lowest BCUT2D eigenvalue weighted by Gasteiger charge is -2.02. The quantitative estimate of drug-likeness (QED) is 0.791. The first-order valence-electron chi connectivity index (χ1n) is 5.19. The lowest BCUT2D eigenvalue weighted by atomic mass is 10.2. The van der Waals surface area contributed by atoms with Crippen LogP contribution in [0, 0.1) is 0 Å². The Balaban J connectivity index is 2.22. The molecule has 0 bridgehead atoms. The van der Waals surface area contributed by atoms with E-state index in [9.17, 15) is 0 Å². The van der Waals surface area contributed by atoms with Crippen molar-refractivity contribution in [3.05, 3.63) is 58.9 Å². The first-order chi connectivity index (χ1) is 7.79. The second-order valence-electron chi connectivity index (χ2n) is 3.54. The Bertz CT molecular complexity index is 486. The average Bonchev–Trinajstić information content (AvgIpc) is 2.61. The summed E-state index contributed by atoms with van der Waals surface area (Å²) in [6.45, 7) is 2.67. The van der Waals surface area contributed by atoms with Crippen LogP contribution < -0.4 is 0 Å². The lowest BCUT2D eigenvalue weighted by Crippen LogP contribution is -2.01. The van der Waals surface area contributed by atoms with Gasteiger partial charge in [0.2, 0.25) is 0 Å². The van der Waals surface area contributed by atoms with Gasteiger partial charge in [0.05, 0.1) is 12.2 Å². The molecule has 3 heteroatoms. The maximum Gasteiger partial charge on any atom is 0.128 e. The molecule has 1 aromatic carbocycles. The molecule has 0 aliphatic rings. The van der Waals surface area contributed by atoms with Crippen LogP contribution in [0.3, 0.4) is 0 Å². The SMILES string of the molecule is C/C=C/c1cc(Cl)n(Cc2ccccc2)n1. The van der Waals surface area contributed by atoms with Crippen LogP contribution in [0.1, 0.15) is 18.2 Å². The third kappa shape index (κ3) is 2.52. The minimum absolute atomic E-state index is 0.664. The number of halogens is 1. The average molecular weight is 233 g/mol. The monoisotopic (exact) mass is 232 g/mol. The van der Waals surface area contributed by atoms with Crippen LogP contribution >= 0.6 is 11.6 Å². The molecule has 0 unspecified atom stereocenters. The number of aromatic nitrogens is 2. The van der Waals surface area contributed by atoms with Crippen molar-refractivity contribution in [3.63, 3.8) is 0 Å². The van der Waals surface area contributed by atoms with Gasteiger partial charge in [0, 0.05) is 6.07 Å². The molecule has 0 atom stereocenters. The highest BCUT2D eigenvalue weighted by Gasteiger charge is 2.03. The number of rotatable bonds is 3. The summed E-state index contributed by atoms with van der Waals surface area (Å²) in [5.41, 5.74) is 2.09. The van der Waals surface area contributed by atoms with Crippen LogP contribution in [0.5, 0.6) is 0 Å². The Kier molecular flexibility index (Phi) is 3.42. The molecular formula is C13H13ClN2. The molecule has 0 spiro atoms. The molecule has 0 N–H and O–H groups in total. The van der Waals surface area contributed by atoms with E-state index in [0.29, 0.717) is 11.7 Å². The predicted molar refractivity (Wildman–Crippen MR) is 67.5 cm³/mol. The van der Waals surface area contributed by atoms with Gasteiger partial charge >= 0.3 is 0 Å². The van der Waals surface area contributed by atoms with Gasteiger partial charge in [-0.25, -0.2) is 4.68 Å². The summed E-state index contributed by atoms with van der Waals surface area (Å²) in [6.07, 6.45) is 3.89. The standard InChI is InChI=1S/C13H13ClN2/c1-2-6-12-9-13(14)16(15-12)10-11-7-4-3-5-8-11/h2-9H,10H2,1H3/b6-2+. The normalized spacial score (nSPS) is 11.1. The van der Waals surface area contributed by atoms with E-state index in [-0.39, 0.29) is 0 Å². The van der Waals surface area contributed by atoms with Gasteiger partial charge in [0.1, 0.15) is 5.15 Å². The van der Waals surface area contributed by atoms with Gasteiger partial charge in [-0.15, -0.1) is 0 Å². The molecule has 1 heterocycles. The number of benzene rings is 1. The molecule has 0 radical (unpaired) electrons. The summed E-state index contributed by atoms with van der Waals surface area (Å²) in [5.74, 6) is 0. The van der Waals surface area contributed by atoms with Crippen molar-refractivity contribution in [3.8, 4) is 0 Å². The molecule has 2 rings (SSSR count). The fraction of sp³-hybridized carbons (Fsp3) is 0.154. The molecule has 0 saturated carbocycles. The third-order valence-corrected chi connectivity index (χ3v) is 2.57. The first-order valence-corrected chi connectivity index (χ1v) is 5.57. The van der Waals surface area contributed by atoms with Gasteiger partial charge in [-0.1, -0.05) is 48.0 Å². The van der Waals surface area contributed by atoms with Crippen molar-refractivity contribution in [1.82, 2.24) is 9.78 Å². The zero-order valence-corrected chi connectivity index (χ0v) is 9.85. The number of nitrogens with zero attached hydrogens (tertiary/aromatic N) is 2. The lowest BCUT2D eigenvalue weighted by molar-refractivity contribution is 0.686. The first kappa shape index (κ1) is 11.0. The predicted octanol–water partition coefficient (Wildman–Crippen LogP) is 3.62. The van der Waals surface area contributed by atoms with Crippen molar-refractivity contribution in [2.45, 2.75) is 13.5 Å². The summed E-state index contributed by atoms with van der Waals surface area (Å²) in [7, 11) is 0. The molecular weight excluding hydrogens is 220 g/mol. The fourth-order valence-corrected chi connectivity index (χ4v) is 1.74. The van der Waals surface area contributed by atoms with Crippen LogP contribution in [-0.2, 0) is 6.54 Å². The van der Waals surface area contributed by atoms with Crippen LogP contribution in [-0.4, -0.2) is 9.78 Å². The Morgan fingerprint density at radius 1 is 1.31 bits per heavy atom. The maximum atomic E-state index is 6.10. The highest BCUT2D eigenvalue weighted by atomic mass is 35.5. The zero-order chi connectivity index (χ0) is 11.4.